The van der Waals surface area contributed by atoms with Gasteiger partial charge in [0, 0.05) is 18.2 Å². The molecule has 3 heteroatoms. The third kappa shape index (κ3) is 3.51. The molecule has 0 aliphatic rings. The van der Waals surface area contributed by atoms with E-state index in [0.29, 0.717) is 12.1 Å². The van der Waals surface area contributed by atoms with Crippen molar-refractivity contribution in [1.29, 1.82) is 0 Å². The van der Waals surface area contributed by atoms with Gasteiger partial charge >= 0.3 is 0 Å². The Morgan fingerprint density at radius 3 is 2.81 bits per heavy atom. The van der Waals surface area contributed by atoms with Gasteiger partial charge in [-0.25, -0.2) is 0 Å². The van der Waals surface area contributed by atoms with Crippen molar-refractivity contribution >= 4 is 5.91 Å². The molecule has 0 radical (unpaired) electrons. The molecule has 1 atom stereocenters. The molecule has 3 N–H and O–H groups in total. The summed E-state index contributed by atoms with van der Waals surface area (Å²) in [6, 6.07) is 7.90. The fourth-order valence-electron chi connectivity index (χ4n) is 1.32. The molecule has 0 spiro atoms. The summed E-state index contributed by atoms with van der Waals surface area (Å²) in [5.74, 6) is -0.119. The minimum atomic E-state index is -0.119. The average molecular weight is 218 g/mol. The quantitative estimate of drug-likeness (QED) is 0.758. The first kappa shape index (κ1) is 12.5. The van der Waals surface area contributed by atoms with Gasteiger partial charge in [0.05, 0.1) is 0 Å². The Kier molecular flexibility index (Phi) is 4.26. The number of carbonyl (C=O) groups is 1. The molecular formula is C13H18N2O. The molecule has 0 bridgehead atoms. The van der Waals surface area contributed by atoms with Crippen molar-refractivity contribution in [1.82, 2.24) is 5.32 Å². The summed E-state index contributed by atoms with van der Waals surface area (Å²) >= 11 is 0. The van der Waals surface area contributed by atoms with Crippen molar-refractivity contribution in [2.75, 3.05) is 0 Å². The van der Waals surface area contributed by atoms with Crippen LogP contribution in [0.25, 0.3) is 0 Å². The molecule has 16 heavy (non-hydrogen) atoms. The van der Waals surface area contributed by atoms with Crippen LogP contribution in [0.5, 0.6) is 0 Å². The van der Waals surface area contributed by atoms with Gasteiger partial charge in [0.2, 0.25) is 5.91 Å². The van der Waals surface area contributed by atoms with E-state index in [1.54, 1.807) is 6.92 Å². The molecule has 3 nitrogen and oxygen atoms in total. The van der Waals surface area contributed by atoms with E-state index in [2.05, 4.69) is 11.9 Å². The Morgan fingerprint density at radius 2 is 2.25 bits per heavy atom. The third-order valence-electron chi connectivity index (χ3n) is 2.32. The highest BCUT2D eigenvalue weighted by Gasteiger charge is 2.03. The van der Waals surface area contributed by atoms with E-state index in [1.165, 1.54) is 0 Å². The van der Waals surface area contributed by atoms with Gasteiger partial charge in [-0.05, 0) is 25.0 Å². The first-order chi connectivity index (χ1) is 7.50. The number of nitrogens with one attached hydrogen (secondary N) is 1. The summed E-state index contributed by atoms with van der Waals surface area (Å²) < 4.78 is 0. The maximum atomic E-state index is 11.3. The minimum Gasteiger partial charge on any atom is -0.348 e. The Bertz CT molecular complexity index is 397. The van der Waals surface area contributed by atoms with Crippen molar-refractivity contribution in [3.8, 4) is 0 Å². The van der Waals surface area contributed by atoms with Gasteiger partial charge in [0.25, 0.3) is 0 Å². The van der Waals surface area contributed by atoms with E-state index >= 15 is 0 Å². The van der Waals surface area contributed by atoms with Gasteiger partial charge in [0.15, 0.2) is 0 Å². The lowest BCUT2D eigenvalue weighted by molar-refractivity contribution is -0.117. The van der Waals surface area contributed by atoms with Crippen LogP contribution in [0.1, 0.15) is 31.0 Å². The highest BCUT2D eigenvalue weighted by atomic mass is 16.1. The highest BCUT2D eigenvalue weighted by Crippen LogP contribution is 2.11. The number of hydrogen-bond donors (Lipinski definition) is 2. The normalized spacial score (nSPS) is 11.9. The van der Waals surface area contributed by atoms with Crippen molar-refractivity contribution in [2.24, 2.45) is 5.73 Å². The van der Waals surface area contributed by atoms with E-state index in [0.717, 1.165) is 11.1 Å². The van der Waals surface area contributed by atoms with Crippen molar-refractivity contribution < 1.29 is 4.79 Å². The molecule has 0 aromatic heterocycles. The summed E-state index contributed by atoms with van der Waals surface area (Å²) in [4.78, 5) is 11.3. The fraction of sp³-hybridized carbons (Fsp3) is 0.308. The van der Waals surface area contributed by atoms with Gasteiger partial charge in [0.1, 0.15) is 0 Å². The van der Waals surface area contributed by atoms with Crippen LogP contribution >= 0.6 is 0 Å². The fourth-order valence-corrected chi connectivity index (χ4v) is 1.32. The topological polar surface area (TPSA) is 55.1 Å². The number of benzene rings is 1. The molecule has 1 aromatic carbocycles. The molecule has 0 aliphatic heterocycles. The van der Waals surface area contributed by atoms with E-state index in [9.17, 15) is 4.79 Å². The maximum absolute atomic E-state index is 11.3. The zero-order valence-corrected chi connectivity index (χ0v) is 9.79. The van der Waals surface area contributed by atoms with Crippen LogP contribution < -0.4 is 11.1 Å². The van der Waals surface area contributed by atoms with Crippen LogP contribution in [-0.4, -0.2) is 5.91 Å². The smallest absolute Gasteiger partial charge is 0.246 e. The van der Waals surface area contributed by atoms with Crippen LogP contribution in [0.4, 0.5) is 0 Å². The van der Waals surface area contributed by atoms with Gasteiger partial charge in [-0.2, -0.15) is 0 Å². The predicted molar refractivity (Wildman–Crippen MR) is 65.7 cm³/mol. The van der Waals surface area contributed by atoms with Crippen LogP contribution in [0.3, 0.4) is 0 Å². The third-order valence-corrected chi connectivity index (χ3v) is 2.32. The van der Waals surface area contributed by atoms with Crippen LogP contribution in [0, 0.1) is 0 Å². The lowest BCUT2D eigenvalue weighted by atomic mass is 10.1. The molecule has 86 valence electrons. The first-order valence-corrected chi connectivity index (χ1v) is 5.29. The van der Waals surface area contributed by atoms with Gasteiger partial charge in [-0.15, -0.1) is 0 Å². The summed E-state index contributed by atoms with van der Waals surface area (Å²) in [6.07, 6.45) is 0. The summed E-state index contributed by atoms with van der Waals surface area (Å²) in [6.45, 7) is 7.71. The molecule has 1 amide bonds. The largest absolute Gasteiger partial charge is 0.348 e. The molecule has 0 heterocycles. The minimum absolute atomic E-state index is 0.0109. The van der Waals surface area contributed by atoms with Gasteiger partial charge < -0.3 is 11.1 Å². The van der Waals surface area contributed by atoms with E-state index in [-0.39, 0.29) is 11.9 Å². The molecule has 1 rings (SSSR count). The highest BCUT2D eigenvalue weighted by molar-refractivity contribution is 5.91. The van der Waals surface area contributed by atoms with Crippen LogP contribution in [0.15, 0.2) is 36.4 Å². The van der Waals surface area contributed by atoms with Crippen LogP contribution in [0.2, 0.25) is 0 Å². The molecule has 1 aromatic rings. The second kappa shape index (κ2) is 5.47. The summed E-state index contributed by atoms with van der Waals surface area (Å²) in [7, 11) is 0. The van der Waals surface area contributed by atoms with Gasteiger partial charge in [-0.3, -0.25) is 4.79 Å². The molecule has 0 saturated carbocycles. The molecule has 0 fully saturated rings. The van der Waals surface area contributed by atoms with E-state index in [4.69, 9.17) is 5.73 Å². The maximum Gasteiger partial charge on any atom is 0.246 e. The van der Waals surface area contributed by atoms with Crippen molar-refractivity contribution in [3.05, 3.63) is 47.5 Å². The van der Waals surface area contributed by atoms with Crippen molar-refractivity contribution in [2.45, 2.75) is 26.4 Å². The Balaban J connectivity index is 2.64. The molecule has 0 saturated heterocycles. The second-order valence-corrected chi connectivity index (χ2v) is 4.00. The zero-order chi connectivity index (χ0) is 12.1. The zero-order valence-electron chi connectivity index (χ0n) is 9.79. The molecular weight excluding hydrogens is 200 g/mol. The standard InChI is InChI=1S/C13H18N2O/c1-9(2)13(16)15-8-11-5-4-6-12(7-11)10(3)14/h4-7,10H,1,8,14H2,2-3H3,(H,15,16). The molecule has 1 unspecified atom stereocenters. The van der Waals surface area contributed by atoms with Gasteiger partial charge in [-0.1, -0.05) is 30.8 Å². The monoisotopic (exact) mass is 218 g/mol. The Morgan fingerprint density at radius 1 is 1.56 bits per heavy atom. The number of amides is 1. The number of nitrogens with two attached hydrogens (primary N) is 1. The van der Waals surface area contributed by atoms with Crippen molar-refractivity contribution in [3.63, 3.8) is 0 Å². The summed E-state index contributed by atoms with van der Waals surface area (Å²) in [5, 5.41) is 2.79. The number of rotatable bonds is 4. The molecule has 0 aliphatic carbocycles. The summed E-state index contributed by atoms with van der Waals surface area (Å²) in [5.41, 5.74) is 8.42. The Labute approximate surface area is 96.3 Å². The average Bonchev–Trinajstić information content (AvgIpc) is 2.26. The lowest BCUT2D eigenvalue weighted by Gasteiger charge is -2.09. The first-order valence-electron chi connectivity index (χ1n) is 5.29. The van der Waals surface area contributed by atoms with Crippen LogP contribution in [-0.2, 0) is 11.3 Å². The lowest BCUT2D eigenvalue weighted by Crippen LogP contribution is -2.23. The SMILES string of the molecule is C=C(C)C(=O)NCc1cccc(C(C)N)c1. The predicted octanol–water partition coefficient (Wildman–Crippen LogP) is 1.90. The van der Waals surface area contributed by atoms with E-state index < -0.39 is 0 Å². The number of carbonyl (C=O) groups excluding carboxylic acids is 1. The number of hydrogen-bond acceptors (Lipinski definition) is 2. The Hall–Kier alpha value is -1.61. The second-order valence-electron chi connectivity index (χ2n) is 4.00. The van der Waals surface area contributed by atoms with E-state index in [1.807, 2.05) is 31.2 Å².